The standard InChI is InChI=1S/C9H12N8O/c10-6-2-7(15-9(11)14-6)17-4-5(1-8(17)18)3-13-16-12/h2,5H,1,3-4H2,(H4,10,11,14,15). The summed E-state index contributed by atoms with van der Waals surface area (Å²) in [5, 5.41) is 3.47. The number of nitrogens with two attached hydrogens (primary N) is 2. The Bertz CT molecular complexity index is 503. The first-order chi connectivity index (χ1) is 8.60. The van der Waals surface area contributed by atoms with Gasteiger partial charge in [0.25, 0.3) is 0 Å². The van der Waals surface area contributed by atoms with Gasteiger partial charge >= 0.3 is 0 Å². The minimum absolute atomic E-state index is 0.00851. The largest absolute Gasteiger partial charge is 0.383 e. The monoisotopic (exact) mass is 248 g/mol. The smallest absolute Gasteiger partial charge is 0.228 e. The van der Waals surface area contributed by atoms with Gasteiger partial charge in [0.1, 0.15) is 11.6 Å². The maximum atomic E-state index is 11.8. The summed E-state index contributed by atoms with van der Waals surface area (Å²) in [5.74, 6) is 0.519. The van der Waals surface area contributed by atoms with Crippen LogP contribution < -0.4 is 16.4 Å². The van der Waals surface area contributed by atoms with E-state index in [9.17, 15) is 4.79 Å². The molecule has 1 aromatic heterocycles. The molecule has 1 aliphatic heterocycles. The van der Waals surface area contributed by atoms with Crippen LogP contribution in [-0.4, -0.2) is 29.0 Å². The van der Waals surface area contributed by atoms with Crippen LogP contribution in [0.2, 0.25) is 0 Å². The Morgan fingerprint density at radius 3 is 3.00 bits per heavy atom. The Morgan fingerprint density at radius 2 is 2.33 bits per heavy atom. The third-order valence-corrected chi connectivity index (χ3v) is 2.63. The molecule has 2 rings (SSSR count). The molecule has 18 heavy (non-hydrogen) atoms. The van der Waals surface area contributed by atoms with E-state index < -0.39 is 0 Å². The molecule has 0 radical (unpaired) electrons. The Balaban J connectivity index is 2.18. The lowest BCUT2D eigenvalue weighted by Gasteiger charge is -2.15. The molecule has 1 aliphatic rings. The maximum absolute atomic E-state index is 11.8. The second-order valence-corrected chi connectivity index (χ2v) is 4.00. The van der Waals surface area contributed by atoms with E-state index in [0.29, 0.717) is 18.8 Å². The Labute approximate surface area is 102 Å². The molecule has 9 nitrogen and oxygen atoms in total. The fourth-order valence-electron chi connectivity index (χ4n) is 1.89. The van der Waals surface area contributed by atoms with Gasteiger partial charge in [-0.1, -0.05) is 5.11 Å². The van der Waals surface area contributed by atoms with Crippen LogP contribution in [0.25, 0.3) is 10.4 Å². The quantitative estimate of drug-likeness (QED) is 0.448. The molecule has 1 aromatic rings. The van der Waals surface area contributed by atoms with Crippen molar-refractivity contribution in [3.63, 3.8) is 0 Å². The van der Waals surface area contributed by atoms with Crippen molar-refractivity contribution in [2.45, 2.75) is 6.42 Å². The highest BCUT2D eigenvalue weighted by Gasteiger charge is 2.31. The molecule has 1 fully saturated rings. The zero-order chi connectivity index (χ0) is 13.1. The molecule has 94 valence electrons. The Kier molecular flexibility index (Phi) is 3.16. The summed E-state index contributed by atoms with van der Waals surface area (Å²) in [4.78, 5) is 23.7. The summed E-state index contributed by atoms with van der Waals surface area (Å²) in [6.07, 6.45) is 0.322. The average molecular weight is 248 g/mol. The van der Waals surface area contributed by atoms with Gasteiger partial charge in [-0.15, -0.1) is 0 Å². The number of nitrogen functional groups attached to an aromatic ring is 2. The maximum Gasteiger partial charge on any atom is 0.228 e. The highest BCUT2D eigenvalue weighted by atomic mass is 16.2. The minimum Gasteiger partial charge on any atom is -0.383 e. The van der Waals surface area contributed by atoms with Crippen LogP contribution in [0, 0.1) is 5.92 Å². The first-order valence-corrected chi connectivity index (χ1v) is 5.31. The van der Waals surface area contributed by atoms with E-state index in [4.69, 9.17) is 17.0 Å². The zero-order valence-electron chi connectivity index (χ0n) is 9.52. The number of aromatic nitrogens is 2. The molecule has 1 saturated heterocycles. The molecule has 0 bridgehead atoms. The van der Waals surface area contributed by atoms with Gasteiger partial charge in [0.2, 0.25) is 11.9 Å². The van der Waals surface area contributed by atoms with E-state index in [1.807, 2.05) is 0 Å². The van der Waals surface area contributed by atoms with Gasteiger partial charge in [-0.3, -0.25) is 9.69 Å². The van der Waals surface area contributed by atoms with Crippen LogP contribution in [0.15, 0.2) is 11.2 Å². The number of azide groups is 1. The first kappa shape index (κ1) is 11.9. The summed E-state index contributed by atoms with van der Waals surface area (Å²) >= 11 is 0. The summed E-state index contributed by atoms with van der Waals surface area (Å²) in [6, 6.07) is 1.49. The van der Waals surface area contributed by atoms with Crippen molar-refractivity contribution >= 4 is 23.5 Å². The number of carbonyl (C=O) groups is 1. The lowest BCUT2D eigenvalue weighted by molar-refractivity contribution is -0.117. The van der Waals surface area contributed by atoms with Crippen LogP contribution in [-0.2, 0) is 4.79 Å². The third kappa shape index (κ3) is 2.41. The predicted octanol–water partition coefficient (Wildman–Crippen LogP) is 0.304. The van der Waals surface area contributed by atoms with Gasteiger partial charge in [-0.25, -0.2) is 0 Å². The van der Waals surface area contributed by atoms with E-state index in [-0.39, 0.29) is 30.1 Å². The lowest BCUT2D eigenvalue weighted by Crippen LogP contribution is -2.26. The van der Waals surface area contributed by atoms with Crippen molar-refractivity contribution < 1.29 is 4.79 Å². The van der Waals surface area contributed by atoms with Crippen molar-refractivity contribution in [2.24, 2.45) is 11.0 Å². The normalized spacial score (nSPS) is 18.8. The molecule has 4 N–H and O–H groups in total. The number of hydrogen-bond acceptors (Lipinski definition) is 6. The number of amides is 1. The number of rotatable bonds is 3. The second kappa shape index (κ2) is 4.76. The third-order valence-electron chi connectivity index (χ3n) is 2.63. The molecule has 9 heteroatoms. The van der Waals surface area contributed by atoms with Crippen molar-refractivity contribution in [1.29, 1.82) is 0 Å². The number of anilines is 3. The van der Waals surface area contributed by atoms with Crippen molar-refractivity contribution in [3.05, 3.63) is 16.5 Å². The van der Waals surface area contributed by atoms with Gasteiger partial charge in [0, 0.05) is 30.5 Å². The molecule has 1 unspecified atom stereocenters. The molecular weight excluding hydrogens is 236 g/mol. The fourth-order valence-corrected chi connectivity index (χ4v) is 1.89. The first-order valence-electron chi connectivity index (χ1n) is 5.31. The van der Waals surface area contributed by atoms with Gasteiger partial charge in [-0.2, -0.15) is 9.97 Å². The molecule has 0 spiro atoms. The van der Waals surface area contributed by atoms with Crippen molar-refractivity contribution in [3.8, 4) is 0 Å². The molecular formula is C9H12N8O. The van der Waals surface area contributed by atoms with E-state index >= 15 is 0 Å². The Morgan fingerprint density at radius 1 is 1.56 bits per heavy atom. The average Bonchev–Trinajstić information content (AvgIpc) is 2.66. The van der Waals surface area contributed by atoms with Crippen LogP contribution in [0.5, 0.6) is 0 Å². The topological polar surface area (TPSA) is 147 Å². The highest BCUT2D eigenvalue weighted by Crippen LogP contribution is 2.25. The SMILES string of the molecule is [N-]=[N+]=NCC1CC(=O)N(c2cc(N)nc(N)n2)C1. The van der Waals surface area contributed by atoms with Crippen molar-refractivity contribution in [2.75, 3.05) is 29.5 Å². The summed E-state index contributed by atoms with van der Waals surface area (Å²) < 4.78 is 0. The molecule has 0 aromatic carbocycles. The van der Waals surface area contributed by atoms with E-state index in [2.05, 4.69) is 20.0 Å². The van der Waals surface area contributed by atoms with Crippen molar-refractivity contribution in [1.82, 2.24) is 9.97 Å². The molecule has 0 saturated carbocycles. The fraction of sp³-hybridized carbons (Fsp3) is 0.444. The molecule has 1 atom stereocenters. The molecule has 2 heterocycles. The number of hydrogen-bond donors (Lipinski definition) is 2. The lowest BCUT2D eigenvalue weighted by atomic mass is 10.1. The van der Waals surface area contributed by atoms with Crippen LogP contribution in [0.1, 0.15) is 6.42 Å². The minimum atomic E-state index is -0.0920. The van der Waals surface area contributed by atoms with Gasteiger partial charge in [0.15, 0.2) is 0 Å². The van der Waals surface area contributed by atoms with E-state index in [0.717, 1.165) is 0 Å². The summed E-state index contributed by atoms with van der Waals surface area (Å²) in [7, 11) is 0. The summed E-state index contributed by atoms with van der Waals surface area (Å²) in [5.41, 5.74) is 19.3. The number of nitrogens with zero attached hydrogens (tertiary/aromatic N) is 6. The highest BCUT2D eigenvalue weighted by molar-refractivity contribution is 5.95. The van der Waals surface area contributed by atoms with Gasteiger partial charge in [0.05, 0.1) is 0 Å². The van der Waals surface area contributed by atoms with Crippen LogP contribution in [0.4, 0.5) is 17.6 Å². The van der Waals surface area contributed by atoms with Crippen LogP contribution in [0.3, 0.4) is 0 Å². The van der Waals surface area contributed by atoms with E-state index in [1.54, 1.807) is 0 Å². The van der Waals surface area contributed by atoms with Crippen LogP contribution >= 0.6 is 0 Å². The molecule has 0 aliphatic carbocycles. The zero-order valence-corrected chi connectivity index (χ0v) is 9.52. The van der Waals surface area contributed by atoms with Gasteiger partial charge in [-0.05, 0) is 11.4 Å². The van der Waals surface area contributed by atoms with Gasteiger partial charge < -0.3 is 11.5 Å². The summed E-state index contributed by atoms with van der Waals surface area (Å²) in [6.45, 7) is 0.725. The second-order valence-electron chi connectivity index (χ2n) is 4.00. The molecule has 1 amide bonds. The number of carbonyl (C=O) groups excluding carboxylic acids is 1. The predicted molar refractivity (Wildman–Crippen MR) is 65.3 cm³/mol. The van der Waals surface area contributed by atoms with E-state index in [1.165, 1.54) is 11.0 Å². The Hall–Kier alpha value is -2.54.